The van der Waals surface area contributed by atoms with Gasteiger partial charge in [0, 0.05) is 46.4 Å². The molecule has 4 unspecified atom stereocenters. The molecule has 3 heterocycles. The van der Waals surface area contributed by atoms with Crippen LogP contribution in [0.5, 0.6) is 5.75 Å². The fourth-order valence-corrected chi connectivity index (χ4v) is 5.54. The van der Waals surface area contributed by atoms with E-state index in [0.717, 1.165) is 22.9 Å². The summed E-state index contributed by atoms with van der Waals surface area (Å²) in [5, 5.41) is 3.95. The number of pyridine rings is 2. The predicted octanol–water partition coefficient (Wildman–Crippen LogP) is 6.66. The van der Waals surface area contributed by atoms with Crippen LogP contribution < -0.4 is 10.1 Å². The van der Waals surface area contributed by atoms with Gasteiger partial charge in [-0.25, -0.2) is 18.2 Å². The first kappa shape index (κ1) is 25.3. The monoisotopic (exact) mass is 531 g/mol. The summed E-state index contributed by atoms with van der Waals surface area (Å²) in [5.41, 5.74) is 4.41. The maximum Gasteiger partial charge on any atom is 0.251 e. The van der Waals surface area contributed by atoms with Crippen molar-refractivity contribution >= 4 is 16.8 Å². The molecule has 4 aromatic rings. The smallest absolute Gasteiger partial charge is 0.251 e. The van der Waals surface area contributed by atoms with E-state index in [4.69, 9.17) is 9.72 Å². The number of ether oxygens (including phenoxy) is 1. The number of fused-ring (bicyclic) bond motifs is 2. The lowest BCUT2D eigenvalue weighted by atomic mass is 9.92. The standard InChI is InChI=1S/C31H28F3N3O2/c1-16-9-20-11-19(5-8-26(20)35-13-16)31(38)36-14-24(22-10-17(22)2)27-12-23-25(30(33)34)15-39-29(23)28(37-27)18-3-6-21(32)7-4-18/h3-9,11-13,17,22,24-25,30H,10,14-15H2,1-2H3,(H,36,38). The quantitative estimate of drug-likeness (QED) is 0.290. The topological polar surface area (TPSA) is 64.1 Å². The Morgan fingerprint density at radius 1 is 1.13 bits per heavy atom. The van der Waals surface area contributed by atoms with Crippen LogP contribution in [0.25, 0.3) is 22.2 Å². The van der Waals surface area contributed by atoms with E-state index in [1.165, 1.54) is 12.1 Å². The van der Waals surface area contributed by atoms with Crippen LogP contribution in [0.3, 0.4) is 0 Å². The first-order chi connectivity index (χ1) is 18.8. The van der Waals surface area contributed by atoms with Gasteiger partial charge >= 0.3 is 0 Å². The number of carbonyl (C=O) groups is 1. The molecular weight excluding hydrogens is 503 g/mol. The summed E-state index contributed by atoms with van der Waals surface area (Å²) in [5.74, 6) is -0.849. The van der Waals surface area contributed by atoms with Gasteiger partial charge < -0.3 is 10.1 Å². The number of benzene rings is 2. The van der Waals surface area contributed by atoms with Crippen molar-refractivity contribution in [2.75, 3.05) is 13.2 Å². The minimum Gasteiger partial charge on any atom is -0.490 e. The number of nitrogens with zero attached hydrogens (tertiary/aromatic N) is 2. The second-order valence-electron chi connectivity index (χ2n) is 10.7. The summed E-state index contributed by atoms with van der Waals surface area (Å²) in [4.78, 5) is 22.5. The minimum atomic E-state index is -2.59. The summed E-state index contributed by atoms with van der Waals surface area (Å²) in [6.45, 7) is 4.27. The summed E-state index contributed by atoms with van der Waals surface area (Å²) in [6.07, 6.45) is 0.157. The average molecular weight is 532 g/mol. The van der Waals surface area contributed by atoms with Crippen LogP contribution in [0.2, 0.25) is 0 Å². The number of rotatable bonds is 7. The van der Waals surface area contributed by atoms with E-state index in [9.17, 15) is 18.0 Å². The molecule has 1 aliphatic carbocycles. The highest BCUT2D eigenvalue weighted by molar-refractivity contribution is 5.98. The van der Waals surface area contributed by atoms with Gasteiger partial charge in [0.05, 0.1) is 11.4 Å². The van der Waals surface area contributed by atoms with E-state index in [-0.39, 0.29) is 24.3 Å². The zero-order chi connectivity index (χ0) is 27.3. The van der Waals surface area contributed by atoms with Gasteiger partial charge in [0.1, 0.15) is 23.9 Å². The lowest BCUT2D eigenvalue weighted by Crippen LogP contribution is -2.30. The van der Waals surface area contributed by atoms with E-state index < -0.39 is 18.2 Å². The van der Waals surface area contributed by atoms with Gasteiger partial charge in [0.25, 0.3) is 5.91 Å². The molecule has 200 valence electrons. The molecule has 1 fully saturated rings. The Kier molecular flexibility index (Phi) is 6.49. The number of amides is 1. The van der Waals surface area contributed by atoms with E-state index >= 15 is 0 Å². The van der Waals surface area contributed by atoms with E-state index in [1.54, 1.807) is 30.5 Å². The van der Waals surface area contributed by atoms with Crippen LogP contribution in [0, 0.1) is 24.6 Å². The molecule has 5 nitrogen and oxygen atoms in total. The molecule has 0 saturated heterocycles. The largest absolute Gasteiger partial charge is 0.490 e. The maximum atomic E-state index is 13.9. The van der Waals surface area contributed by atoms with Crippen LogP contribution in [0.1, 0.15) is 52.4 Å². The third-order valence-corrected chi connectivity index (χ3v) is 7.88. The second-order valence-corrected chi connectivity index (χ2v) is 10.7. The first-order valence-corrected chi connectivity index (χ1v) is 13.1. The SMILES string of the molecule is Cc1cnc2ccc(C(=O)NCC(c3cc4c(c(-c5ccc(F)cc5)n3)OCC4C(F)F)C3CC3C)cc2c1. The van der Waals surface area contributed by atoms with Crippen molar-refractivity contribution in [3.8, 4) is 17.0 Å². The van der Waals surface area contributed by atoms with Crippen molar-refractivity contribution in [1.82, 2.24) is 15.3 Å². The zero-order valence-corrected chi connectivity index (χ0v) is 21.6. The third-order valence-electron chi connectivity index (χ3n) is 7.88. The molecule has 4 atom stereocenters. The fourth-order valence-electron chi connectivity index (χ4n) is 5.54. The number of aryl methyl sites for hydroxylation is 1. The summed E-state index contributed by atoms with van der Waals surface area (Å²) in [6, 6.07) is 14.9. The Bertz CT molecular complexity index is 1560. The van der Waals surface area contributed by atoms with Crippen LogP contribution in [-0.2, 0) is 0 Å². The van der Waals surface area contributed by atoms with Gasteiger partial charge in [-0.15, -0.1) is 0 Å². The number of aromatic nitrogens is 2. The fraction of sp³-hybridized carbons (Fsp3) is 0.323. The Balaban J connectivity index is 1.33. The summed E-state index contributed by atoms with van der Waals surface area (Å²) >= 11 is 0. The molecule has 1 aliphatic heterocycles. The molecule has 8 heteroatoms. The van der Waals surface area contributed by atoms with Crippen molar-refractivity contribution in [3.63, 3.8) is 0 Å². The summed E-state index contributed by atoms with van der Waals surface area (Å²) in [7, 11) is 0. The molecule has 0 radical (unpaired) electrons. The predicted molar refractivity (Wildman–Crippen MR) is 143 cm³/mol. The molecule has 1 amide bonds. The number of halogens is 3. The molecule has 2 aliphatic rings. The second kappa shape index (κ2) is 9.98. The normalized spacial score (nSPS) is 20.5. The Morgan fingerprint density at radius 2 is 1.90 bits per heavy atom. The van der Waals surface area contributed by atoms with Gasteiger partial charge in [-0.05, 0) is 85.3 Å². The van der Waals surface area contributed by atoms with Crippen molar-refractivity contribution < 1.29 is 22.7 Å². The molecule has 0 spiro atoms. The molecular formula is C31H28F3N3O2. The highest BCUT2D eigenvalue weighted by atomic mass is 19.3. The van der Waals surface area contributed by atoms with Crippen molar-refractivity contribution in [3.05, 3.63) is 89.0 Å². The maximum absolute atomic E-state index is 13.9. The Hall–Kier alpha value is -3.94. The van der Waals surface area contributed by atoms with Gasteiger partial charge in [-0.1, -0.05) is 6.92 Å². The number of alkyl halides is 2. The van der Waals surface area contributed by atoms with Crippen LogP contribution in [0.15, 0.2) is 60.8 Å². The van der Waals surface area contributed by atoms with Crippen molar-refractivity contribution in [2.24, 2.45) is 11.8 Å². The van der Waals surface area contributed by atoms with Crippen LogP contribution in [-0.4, -0.2) is 35.5 Å². The van der Waals surface area contributed by atoms with Crippen molar-refractivity contribution in [1.29, 1.82) is 0 Å². The van der Waals surface area contributed by atoms with E-state index in [0.29, 0.717) is 46.3 Å². The number of carbonyl (C=O) groups excluding carboxylic acids is 1. The number of hydrogen-bond acceptors (Lipinski definition) is 4. The summed E-state index contributed by atoms with van der Waals surface area (Å²) < 4.78 is 47.2. The molecule has 1 N–H and O–H groups in total. The van der Waals surface area contributed by atoms with Crippen LogP contribution in [0.4, 0.5) is 13.2 Å². The van der Waals surface area contributed by atoms with Gasteiger partial charge in [-0.2, -0.15) is 0 Å². The highest BCUT2D eigenvalue weighted by Crippen LogP contribution is 2.50. The lowest BCUT2D eigenvalue weighted by molar-refractivity contribution is 0.0949. The minimum absolute atomic E-state index is 0.135. The first-order valence-electron chi connectivity index (χ1n) is 13.1. The Morgan fingerprint density at radius 3 is 2.62 bits per heavy atom. The van der Waals surface area contributed by atoms with Crippen molar-refractivity contribution in [2.45, 2.75) is 38.5 Å². The van der Waals surface area contributed by atoms with Gasteiger partial charge in [0.2, 0.25) is 6.43 Å². The molecule has 6 rings (SSSR count). The number of hydrogen-bond donors (Lipinski definition) is 1. The molecule has 2 aromatic heterocycles. The van der Waals surface area contributed by atoms with Gasteiger partial charge in [-0.3, -0.25) is 9.78 Å². The molecule has 39 heavy (non-hydrogen) atoms. The molecule has 2 aromatic carbocycles. The lowest BCUT2D eigenvalue weighted by Gasteiger charge is -2.20. The molecule has 0 bridgehead atoms. The average Bonchev–Trinajstić information content (AvgIpc) is 3.47. The third kappa shape index (κ3) is 4.95. The zero-order valence-electron chi connectivity index (χ0n) is 21.6. The molecule has 1 saturated carbocycles. The van der Waals surface area contributed by atoms with Crippen LogP contribution >= 0.6 is 0 Å². The highest BCUT2D eigenvalue weighted by Gasteiger charge is 2.43. The van der Waals surface area contributed by atoms with Gasteiger partial charge in [0.15, 0.2) is 0 Å². The van der Waals surface area contributed by atoms with E-state index in [1.807, 2.05) is 25.1 Å². The van der Waals surface area contributed by atoms with E-state index in [2.05, 4.69) is 17.2 Å². The number of nitrogens with one attached hydrogen (secondary N) is 1. The Labute approximate surface area is 224 Å².